The van der Waals surface area contributed by atoms with Gasteiger partial charge in [-0.1, -0.05) is 6.07 Å². The van der Waals surface area contributed by atoms with E-state index in [2.05, 4.69) is 14.8 Å². The van der Waals surface area contributed by atoms with Crippen LogP contribution in [0, 0.1) is 13.8 Å². The number of sulfonamides is 1. The second-order valence-corrected chi connectivity index (χ2v) is 6.99. The summed E-state index contributed by atoms with van der Waals surface area (Å²) in [6.07, 6.45) is -0.183. The van der Waals surface area contributed by atoms with Gasteiger partial charge in [0.1, 0.15) is 0 Å². The number of methoxy groups -OCH3 is 1. The van der Waals surface area contributed by atoms with Crippen LogP contribution >= 0.6 is 0 Å². The molecule has 0 heterocycles. The summed E-state index contributed by atoms with van der Waals surface area (Å²) in [6, 6.07) is 3.58. The number of esters is 1. The van der Waals surface area contributed by atoms with E-state index >= 15 is 0 Å². The molecular formula is C15H22N2O6S. The number of aliphatic hydroxyl groups excluding tert-OH is 1. The molecule has 0 spiro atoms. The van der Waals surface area contributed by atoms with Gasteiger partial charge in [0, 0.05) is 13.0 Å². The van der Waals surface area contributed by atoms with E-state index in [0.717, 1.165) is 18.2 Å². The van der Waals surface area contributed by atoms with E-state index in [1.54, 1.807) is 12.1 Å². The summed E-state index contributed by atoms with van der Waals surface area (Å²) in [5.74, 6) is -1.36. The highest BCUT2D eigenvalue weighted by Crippen LogP contribution is 2.14. The first-order chi connectivity index (χ1) is 11.2. The molecule has 24 heavy (non-hydrogen) atoms. The Hall–Kier alpha value is -1.97. The van der Waals surface area contributed by atoms with Crippen LogP contribution in [-0.4, -0.2) is 51.7 Å². The SMILES string of the molecule is COC(=O)[C@@H](CO)NC(=O)CCNS(=O)(=O)c1ccc(C)c(C)c1. The lowest BCUT2D eigenvalue weighted by molar-refractivity contribution is -0.146. The van der Waals surface area contributed by atoms with Gasteiger partial charge in [0.05, 0.1) is 18.6 Å². The minimum absolute atomic E-state index is 0.119. The van der Waals surface area contributed by atoms with Crippen LogP contribution in [0.25, 0.3) is 0 Å². The molecule has 0 bridgehead atoms. The van der Waals surface area contributed by atoms with Gasteiger partial charge in [-0.2, -0.15) is 0 Å². The molecule has 134 valence electrons. The standard InChI is InChI=1S/C15H22N2O6S/c1-10-4-5-12(8-11(10)2)24(21,22)16-7-6-14(19)17-13(9-18)15(20)23-3/h4-5,8,13,16,18H,6-7,9H2,1-3H3,(H,17,19)/t13-/m1/s1. The molecule has 0 aliphatic carbocycles. The Morgan fingerprint density at radius 1 is 1.25 bits per heavy atom. The molecule has 0 radical (unpaired) electrons. The monoisotopic (exact) mass is 358 g/mol. The zero-order valence-electron chi connectivity index (χ0n) is 13.8. The second-order valence-electron chi connectivity index (χ2n) is 5.22. The highest BCUT2D eigenvalue weighted by atomic mass is 32.2. The molecular weight excluding hydrogens is 336 g/mol. The summed E-state index contributed by atoms with van der Waals surface area (Å²) >= 11 is 0. The molecule has 0 unspecified atom stereocenters. The van der Waals surface area contributed by atoms with Crippen molar-refractivity contribution in [1.29, 1.82) is 0 Å². The van der Waals surface area contributed by atoms with E-state index in [4.69, 9.17) is 5.11 Å². The fraction of sp³-hybridized carbons (Fsp3) is 0.467. The number of carbonyl (C=O) groups excluding carboxylic acids is 2. The number of carbonyl (C=O) groups is 2. The quantitative estimate of drug-likeness (QED) is 0.545. The molecule has 1 aromatic carbocycles. The lowest BCUT2D eigenvalue weighted by Gasteiger charge is -2.14. The maximum absolute atomic E-state index is 12.2. The van der Waals surface area contributed by atoms with E-state index in [-0.39, 0.29) is 17.9 Å². The van der Waals surface area contributed by atoms with Gasteiger partial charge in [0.15, 0.2) is 6.04 Å². The summed E-state index contributed by atoms with van der Waals surface area (Å²) in [5.41, 5.74) is 1.82. The number of nitrogens with one attached hydrogen (secondary N) is 2. The van der Waals surface area contributed by atoms with Gasteiger partial charge >= 0.3 is 5.97 Å². The molecule has 1 rings (SSSR count). The fourth-order valence-corrected chi connectivity index (χ4v) is 2.97. The second kappa shape index (κ2) is 8.76. The Morgan fingerprint density at radius 3 is 2.46 bits per heavy atom. The predicted octanol–water partition coefficient (Wildman–Crippen LogP) is -0.378. The average Bonchev–Trinajstić information content (AvgIpc) is 2.54. The van der Waals surface area contributed by atoms with Crippen LogP contribution < -0.4 is 10.0 Å². The summed E-state index contributed by atoms with van der Waals surface area (Å²) in [6.45, 7) is 2.94. The van der Waals surface area contributed by atoms with E-state index in [1.165, 1.54) is 6.07 Å². The third kappa shape index (κ3) is 5.59. The van der Waals surface area contributed by atoms with Gasteiger partial charge in [0.25, 0.3) is 0 Å². The third-order valence-electron chi connectivity index (χ3n) is 3.44. The highest BCUT2D eigenvalue weighted by molar-refractivity contribution is 7.89. The molecule has 0 fully saturated rings. The maximum atomic E-state index is 12.2. The van der Waals surface area contributed by atoms with Gasteiger partial charge < -0.3 is 15.2 Å². The van der Waals surface area contributed by atoms with Crippen LogP contribution in [0.2, 0.25) is 0 Å². The van der Waals surface area contributed by atoms with Crippen LogP contribution in [0.1, 0.15) is 17.5 Å². The number of hydrogen-bond acceptors (Lipinski definition) is 6. The van der Waals surface area contributed by atoms with Gasteiger partial charge in [-0.05, 0) is 37.1 Å². The number of hydrogen-bond donors (Lipinski definition) is 3. The summed E-state index contributed by atoms with van der Waals surface area (Å²) in [4.78, 5) is 23.1. The van der Waals surface area contributed by atoms with Crippen LogP contribution in [-0.2, 0) is 24.3 Å². The Kier molecular flexibility index (Phi) is 7.33. The fourth-order valence-electron chi connectivity index (χ4n) is 1.85. The molecule has 1 atom stereocenters. The van der Waals surface area contributed by atoms with Crippen molar-refractivity contribution in [1.82, 2.24) is 10.0 Å². The van der Waals surface area contributed by atoms with Crippen molar-refractivity contribution in [2.45, 2.75) is 31.2 Å². The van der Waals surface area contributed by atoms with Gasteiger partial charge in [-0.25, -0.2) is 17.9 Å². The molecule has 8 nitrogen and oxygen atoms in total. The van der Waals surface area contributed by atoms with Crippen LogP contribution in [0.5, 0.6) is 0 Å². The maximum Gasteiger partial charge on any atom is 0.330 e. The lowest BCUT2D eigenvalue weighted by Crippen LogP contribution is -2.44. The van der Waals surface area contributed by atoms with Crippen LogP contribution in [0.15, 0.2) is 23.1 Å². The molecule has 0 saturated heterocycles. The molecule has 3 N–H and O–H groups in total. The van der Waals surface area contributed by atoms with Crippen molar-refractivity contribution in [2.75, 3.05) is 20.3 Å². The Balaban J connectivity index is 2.58. The van der Waals surface area contributed by atoms with Crippen LogP contribution in [0.4, 0.5) is 0 Å². The normalized spacial score (nSPS) is 12.5. The first-order valence-electron chi connectivity index (χ1n) is 7.26. The van der Waals surface area contributed by atoms with Crippen LogP contribution in [0.3, 0.4) is 0 Å². The summed E-state index contributed by atoms with van der Waals surface area (Å²) in [7, 11) is -2.59. The molecule has 0 aliphatic heterocycles. The van der Waals surface area contributed by atoms with Gasteiger partial charge in [-0.15, -0.1) is 0 Å². The largest absolute Gasteiger partial charge is 0.467 e. The van der Waals surface area contributed by atoms with Crippen molar-refractivity contribution in [3.05, 3.63) is 29.3 Å². The smallest absolute Gasteiger partial charge is 0.330 e. The predicted molar refractivity (Wildman–Crippen MR) is 86.8 cm³/mol. The van der Waals surface area contributed by atoms with E-state index in [9.17, 15) is 18.0 Å². The zero-order chi connectivity index (χ0) is 18.3. The Bertz CT molecular complexity index is 702. The zero-order valence-corrected chi connectivity index (χ0v) is 14.6. The lowest BCUT2D eigenvalue weighted by atomic mass is 10.1. The Labute approximate surface area is 141 Å². The average molecular weight is 358 g/mol. The molecule has 1 aromatic rings. The van der Waals surface area contributed by atoms with E-state index < -0.39 is 34.5 Å². The van der Waals surface area contributed by atoms with Gasteiger partial charge in [-0.3, -0.25) is 4.79 Å². The number of aryl methyl sites for hydroxylation is 2. The number of ether oxygens (including phenoxy) is 1. The van der Waals surface area contributed by atoms with Gasteiger partial charge in [0.2, 0.25) is 15.9 Å². The minimum atomic E-state index is -3.72. The molecule has 0 aromatic heterocycles. The van der Waals surface area contributed by atoms with E-state index in [1.807, 2.05) is 13.8 Å². The molecule has 1 amide bonds. The first-order valence-corrected chi connectivity index (χ1v) is 8.74. The first kappa shape index (κ1) is 20.1. The van der Waals surface area contributed by atoms with Crippen molar-refractivity contribution in [3.8, 4) is 0 Å². The summed E-state index contributed by atoms with van der Waals surface area (Å²) in [5, 5.41) is 11.3. The number of benzene rings is 1. The highest BCUT2D eigenvalue weighted by Gasteiger charge is 2.21. The Morgan fingerprint density at radius 2 is 1.92 bits per heavy atom. The molecule has 0 saturated carbocycles. The summed E-state index contributed by atoms with van der Waals surface area (Å²) < 4.78 is 31.0. The van der Waals surface area contributed by atoms with Crippen molar-refractivity contribution < 1.29 is 27.9 Å². The topological polar surface area (TPSA) is 122 Å². The third-order valence-corrected chi connectivity index (χ3v) is 4.90. The van der Waals surface area contributed by atoms with Crippen molar-refractivity contribution >= 4 is 21.9 Å². The molecule has 9 heteroatoms. The number of aliphatic hydroxyl groups is 1. The number of rotatable bonds is 8. The van der Waals surface area contributed by atoms with Crippen molar-refractivity contribution in [2.24, 2.45) is 0 Å². The van der Waals surface area contributed by atoms with Crippen molar-refractivity contribution in [3.63, 3.8) is 0 Å². The van der Waals surface area contributed by atoms with E-state index in [0.29, 0.717) is 0 Å². The molecule has 0 aliphatic rings. The number of amides is 1. The minimum Gasteiger partial charge on any atom is -0.467 e.